The molecule has 4 atom stereocenters. The summed E-state index contributed by atoms with van der Waals surface area (Å²) in [7, 11) is 0. The topological polar surface area (TPSA) is 86.1 Å². The first-order valence-corrected chi connectivity index (χ1v) is 14.1. The van der Waals surface area contributed by atoms with Gasteiger partial charge in [0, 0.05) is 16.8 Å². The van der Waals surface area contributed by atoms with E-state index < -0.39 is 18.0 Å². The number of carboxylic acids is 1. The number of amides is 1. The smallest absolute Gasteiger partial charge is 0.352 e. The highest BCUT2D eigenvalue weighted by atomic mass is 79.9. The van der Waals surface area contributed by atoms with Crippen molar-refractivity contribution >= 4 is 61.3 Å². The van der Waals surface area contributed by atoms with E-state index in [9.17, 15) is 19.8 Å². The zero-order chi connectivity index (χ0) is 24.3. The lowest BCUT2D eigenvalue weighted by Gasteiger charge is -2.46. The molecule has 10 heteroatoms. The molecule has 0 radical (unpaired) electrons. The number of nitrogens with zero attached hydrogens (tertiary/aromatic N) is 3. The Morgan fingerprint density at radius 3 is 2.56 bits per heavy atom. The van der Waals surface area contributed by atoms with Crippen molar-refractivity contribution < 1.29 is 24.4 Å². The number of benzene rings is 1. The van der Waals surface area contributed by atoms with Crippen LogP contribution in [0.15, 0.2) is 47.5 Å². The second kappa shape index (κ2) is 8.82. The van der Waals surface area contributed by atoms with Crippen LogP contribution in [0.5, 0.6) is 0 Å². The summed E-state index contributed by atoms with van der Waals surface area (Å²) < 4.78 is 4.25. The number of aliphatic carboxylic acids is 1. The number of fused-ring (bicyclic) bond motifs is 2. The summed E-state index contributed by atoms with van der Waals surface area (Å²) in [6.07, 6.45) is 5.23. The van der Waals surface area contributed by atoms with Crippen LogP contribution in [-0.2, 0) is 21.5 Å². The minimum Gasteiger partial charge on any atom is -0.477 e. The monoisotopic (exact) mass is 562 g/mol. The molecule has 1 fully saturated rings. The number of halogens is 1. The van der Waals surface area contributed by atoms with E-state index in [0.717, 1.165) is 26.6 Å². The van der Waals surface area contributed by atoms with E-state index in [-0.39, 0.29) is 23.6 Å². The third kappa shape index (κ3) is 3.54. The van der Waals surface area contributed by atoms with Gasteiger partial charge >= 0.3 is 5.97 Å². The van der Waals surface area contributed by atoms with Crippen LogP contribution in [0.2, 0.25) is 0 Å². The second-order valence-corrected chi connectivity index (χ2v) is 11.2. The number of alkyl halides is 1. The quantitative estimate of drug-likeness (QED) is 0.199. The van der Waals surface area contributed by atoms with Crippen molar-refractivity contribution in [2.75, 3.05) is 6.26 Å². The van der Waals surface area contributed by atoms with E-state index in [1.165, 1.54) is 16.0 Å². The van der Waals surface area contributed by atoms with E-state index in [0.29, 0.717) is 5.57 Å². The summed E-state index contributed by atoms with van der Waals surface area (Å²) in [6, 6.07) is 8.19. The number of β-lactam (4-membered cyclic amide) rings is 1. The highest BCUT2D eigenvalue weighted by molar-refractivity contribution is 9.08. The summed E-state index contributed by atoms with van der Waals surface area (Å²) in [6.45, 7) is 4.28. The Labute approximate surface area is 213 Å². The maximum absolute atomic E-state index is 12.7. The Morgan fingerprint density at radius 2 is 1.97 bits per heavy atom. The average Bonchev–Trinajstić information content (AvgIpc) is 3.41. The number of rotatable bonds is 7. The second-order valence-electron chi connectivity index (χ2n) is 8.83. The van der Waals surface area contributed by atoms with Crippen LogP contribution in [0.1, 0.15) is 29.9 Å². The molecule has 3 aromatic rings. The van der Waals surface area contributed by atoms with Crippen molar-refractivity contribution in [2.24, 2.45) is 11.8 Å². The fourth-order valence-corrected chi connectivity index (χ4v) is 7.75. The predicted molar refractivity (Wildman–Crippen MR) is 135 cm³/mol. The summed E-state index contributed by atoms with van der Waals surface area (Å²) >= 11 is 6.68. The first-order valence-electron chi connectivity index (χ1n) is 11.0. The van der Waals surface area contributed by atoms with E-state index >= 15 is 0 Å². The van der Waals surface area contributed by atoms with Gasteiger partial charge in [0.25, 0.3) is 6.33 Å². The van der Waals surface area contributed by atoms with Gasteiger partial charge in [-0.25, -0.2) is 9.36 Å². The summed E-state index contributed by atoms with van der Waals surface area (Å²) in [5, 5.41) is 22.0. The summed E-state index contributed by atoms with van der Waals surface area (Å²) in [5.74, 6) is -2.15. The lowest BCUT2D eigenvalue weighted by Crippen LogP contribution is -2.63. The summed E-state index contributed by atoms with van der Waals surface area (Å²) in [5.41, 5.74) is 3.16. The van der Waals surface area contributed by atoms with E-state index in [1.54, 1.807) is 30.0 Å². The Morgan fingerprint density at radius 1 is 1.29 bits per heavy atom. The van der Waals surface area contributed by atoms with Crippen LogP contribution in [0.3, 0.4) is 0 Å². The van der Waals surface area contributed by atoms with Gasteiger partial charge < -0.3 is 15.1 Å². The number of imidazole rings is 1. The average molecular weight is 564 g/mol. The molecule has 0 aliphatic carbocycles. The Balaban J connectivity index is 1.53. The lowest BCUT2D eigenvalue weighted by molar-refractivity contribution is -0.721. The molecular weight excluding hydrogens is 538 g/mol. The zero-order valence-corrected chi connectivity index (χ0v) is 22.2. The number of thiazole rings is 1. The first kappa shape index (κ1) is 23.6. The predicted octanol–water partition coefficient (Wildman–Crippen LogP) is 3.61. The molecule has 0 saturated carbocycles. The molecule has 1 aromatic carbocycles. The van der Waals surface area contributed by atoms with Crippen molar-refractivity contribution in [3.63, 3.8) is 0 Å². The van der Waals surface area contributed by atoms with Gasteiger partial charge in [-0.1, -0.05) is 70.2 Å². The number of aliphatic hydroxyl groups is 1. The van der Waals surface area contributed by atoms with Gasteiger partial charge in [0.15, 0.2) is 0 Å². The van der Waals surface area contributed by atoms with E-state index in [2.05, 4.69) is 44.8 Å². The largest absolute Gasteiger partial charge is 0.477 e. The summed E-state index contributed by atoms with van der Waals surface area (Å²) in [4.78, 5) is 28.1. The molecule has 0 unspecified atom stereocenters. The van der Waals surface area contributed by atoms with Crippen molar-refractivity contribution in [1.29, 1.82) is 0 Å². The molecule has 4 heterocycles. The molecule has 2 aliphatic rings. The lowest BCUT2D eigenvalue weighted by atomic mass is 9.77. The molecular formula is C24H25BrN3O4S2+. The first-order chi connectivity index (χ1) is 16.3. The van der Waals surface area contributed by atoms with Crippen LogP contribution >= 0.6 is 39.0 Å². The molecule has 1 amide bonds. The highest BCUT2D eigenvalue weighted by Crippen LogP contribution is 2.51. The number of thioether (sulfide) groups is 1. The third-order valence-electron chi connectivity index (χ3n) is 6.77. The molecule has 0 spiro atoms. The number of hydrogen-bond donors (Lipinski definition) is 2. The van der Waals surface area contributed by atoms with Gasteiger partial charge in [-0.3, -0.25) is 4.79 Å². The minimum atomic E-state index is -1.10. The number of aromatic nitrogens is 2. The normalized spacial score (nSPS) is 22.9. The number of carboxylic acid groups (broad SMARTS) is 1. The van der Waals surface area contributed by atoms with Crippen molar-refractivity contribution in [1.82, 2.24) is 9.30 Å². The minimum absolute atomic E-state index is 0.0503. The van der Waals surface area contributed by atoms with E-state index in [4.69, 9.17) is 0 Å². The maximum atomic E-state index is 12.7. The third-order valence-corrected chi connectivity index (χ3v) is 9.50. The van der Waals surface area contributed by atoms with Crippen LogP contribution in [0.25, 0.3) is 10.4 Å². The molecule has 2 aliphatic heterocycles. The fourth-order valence-electron chi connectivity index (χ4n) is 5.20. The Hall–Kier alpha value is -2.14. The molecule has 7 nitrogen and oxygen atoms in total. The maximum Gasteiger partial charge on any atom is 0.352 e. The fraction of sp³-hybridized carbons (Fsp3) is 0.375. The van der Waals surface area contributed by atoms with Crippen LogP contribution in [0, 0.1) is 11.8 Å². The van der Waals surface area contributed by atoms with Gasteiger partial charge in [0.05, 0.1) is 22.9 Å². The van der Waals surface area contributed by atoms with Gasteiger partial charge in [-0.15, -0.1) is 0 Å². The number of hydrogen-bond acceptors (Lipinski definition) is 5. The number of carbonyl (C=O) groups is 2. The molecule has 34 heavy (non-hydrogen) atoms. The van der Waals surface area contributed by atoms with Crippen LogP contribution < -0.4 is 4.57 Å². The van der Waals surface area contributed by atoms with Gasteiger partial charge in [-0.2, -0.15) is 4.40 Å². The standard InChI is InChI=1S/C24H24BrN3O4S2/c1-12-17(20(24(31)32)28-19(12)18(13(2)29)21(28)30)16-10-27-11-26(22(33-3)23(27)34-16)9-15-6-4-14(8-25)5-7-15/h4-7,10-13,18-19,29H,8-9H2,1-3H3/p+1/t12-,13+,18+,19-/m0/s1. The Bertz CT molecular complexity index is 1330. The highest BCUT2D eigenvalue weighted by Gasteiger charge is 2.60. The van der Waals surface area contributed by atoms with Crippen molar-refractivity contribution in [2.45, 2.75) is 42.9 Å². The molecule has 178 valence electrons. The molecule has 0 bridgehead atoms. The SMILES string of the molecule is CSc1c2sc(C3=C(C(=O)O)N4C(=O)[C@H]([C@@H](C)O)[C@@H]4[C@H]3C)cn2c[n+]1Cc1ccc(CBr)cc1. The zero-order valence-electron chi connectivity index (χ0n) is 18.9. The van der Waals surface area contributed by atoms with Crippen molar-refractivity contribution in [3.8, 4) is 0 Å². The number of aliphatic hydroxyl groups excluding tert-OH is 1. The number of carbonyl (C=O) groups excluding carboxylic acids is 1. The van der Waals surface area contributed by atoms with Crippen molar-refractivity contribution in [3.05, 3.63) is 58.5 Å². The molecule has 1 saturated heterocycles. The van der Waals surface area contributed by atoms with Gasteiger partial charge in [0.1, 0.15) is 18.4 Å². The van der Waals surface area contributed by atoms with Gasteiger partial charge in [0.2, 0.25) is 15.8 Å². The molecule has 2 N–H and O–H groups in total. The molecule has 5 rings (SSSR count). The van der Waals surface area contributed by atoms with E-state index in [1.807, 2.05) is 30.1 Å². The van der Waals surface area contributed by atoms with Gasteiger partial charge in [-0.05, 0) is 24.3 Å². The van der Waals surface area contributed by atoms with Crippen LogP contribution in [0.4, 0.5) is 0 Å². The Kier molecular flexibility index (Phi) is 6.12. The molecule has 2 aromatic heterocycles. The van der Waals surface area contributed by atoms with Crippen LogP contribution in [-0.4, -0.2) is 49.8 Å².